The number of anilines is 2. The van der Waals surface area contributed by atoms with Crippen molar-refractivity contribution < 1.29 is 4.79 Å². The molecule has 0 N–H and O–H groups in total. The molecule has 26 heavy (non-hydrogen) atoms. The van der Waals surface area contributed by atoms with Gasteiger partial charge in [-0.1, -0.05) is 26.7 Å². The predicted octanol–water partition coefficient (Wildman–Crippen LogP) is 2.94. The van der Waals surface area contributed by atoms with Crippen molar-refractivity contribution in [2.75, 3.05) is 49.1 Å². The van der Waals surface area contributed by atoms with Gasteiger partial charge in [0.2, 0.25) is 5.91 Å². The average Bonchev–Trinajstić information content (AvgIpc) is 2.99. The van der Waals surface area contributed by atoms with Crippen LogP contribution in [0.4, 0.5) is 11.6 Å². The fraction of sp³-hybridized carbons (Fsp3) is 0.750. The van der Waals surface area contributed by atoms with Gasteiger partial charge in [0, 0.05) is 45.2 Å². The van der Waals surface area contributed by atoms with E-state index in [2.05, 4.69) is 46.0 Å². The second kappa shape index (κ2) is 9.19. The summed E-state index contributed by atoms with van der Waals surface area (Å²) in [4.78, 5) is 19.1. The Hall–Kier alpha value is -1.85. The Labute approximate surface area is 157 Å². The number of hydrogen-bond donors (Lipinski definition) is 0. The lowest BCUT2D eigenvalue weighted by atomic mass is 10.0. The minimum Gasteiger partial charge on any atom is -0.355 e. The van der Waals surface area contributed by atoms with Crippen LogP contribution in [0.15, 0.2) is 12.1 Å². The normalized spacial score (nSPS) is 19.0. The second-order valence-corrected chi connectivity index (χ2v) is 7.48. The number of rotatable bonds is 5. The predicted molar refractivity (Wildman–Crippen MR) is 106 cm³/mol. The maximum Gasteiger partial charge on any atom is 0.225 e. The van der Waals surface area contributed by atoms with Crippen molar-refractivity contribution in [2.45, 2.75) is 52.4 Å². The van der Waals surface area contributed by atoms with E-state index in [1.165, 1.54) is 25.7 Å². The Kier molecular flexibility index (Phi) is 6.69. The van der Waals surface area contributed by atoms with Crippen molar-refractivity contribution >= 4 is 17.5 Å². The van der Waals surface area contributed by atoms with Gasteiger partial charge in [-0.05, 0) is 37.8 Å². The molecule has 2 aliphatic rings. The van der Waals surface area contributed by atoms with E-state index in [0.717, 1.165) is 63.7 Å². The van der Waals surface area contributed by atoms with Gasteiger partial charge in [-0.15, -0.1) is 10.2 Å². The molecule has 0 bridgehead atoms. The number of hydrogen-bond acceptors (Lipinski definition) is 5. The van der Waals surface area contributed by atoms with Crippen LogP contribution in [0.2, 0.25) is 0 Å². The monoisotopic (exact) mass is 359 g/mol. The van der Waals surface area contributed by atoms with Crippen LogP contribution in [-0.2, 0) is 4.79 Å². The Morgan fingerprint density at radius 2 is 1.35 bits per heavy atom. The van der Waals surface area contributed by atoms with Crippen LogP contribution in [0.1, 0.15) is 52.4 Å². The summed E-state index contributed by atoms with van der Waals surface area (Å²) in [7, 11) is 0. The van der Waals surface area contributed by atoms with Crippen LogP contribution in [0.25, 0.3) is 0 Å². The molecule has 3 heterocycles. The summed E-state index contributed by atoms with van der Waals surface area (Å²) in [6.45, 7) is 9.62. The molecule has 0 aliphatic carbocycles. The van der Waals surface area contributed by atoms with Gasteiger partial charge in [-0.25, -0.2) is 0 Å². The molecule has 6 nitrogen and oxygen atoms in total. The minimum atomic E-state index is 0.175. The zero-order chi connectivity index (χ0) is 18.4. The van der Waals surface area contributed by atoms with Crippen LogP contribution in [-0.4, -0.2) is 60.3 Å². The van der Waals surface area contributed by atoms with Gasteiger partial charge >= 0.3 is 0 Å². The molecule has 0 atom stereocenters. The van der Waals surface area contributed by atoms with E-state index in [9.17, 15) is 4.79 Å². The summed E-state index contributed by atoms with van der Waals surface area (Å²) in [5, 5.41) is 8.96. The Bertz CT molecular complexity index is 556. The number of amides is 1. The van der Waals surface area contributed by atoms with Crippen molar-refractivity contribution in [1.82, 2.24) is 15.1 Å². The average molecular weight is 360 g/mol. The summed E-state index contributed by atoms with van der Waals surface area (Å²) in [5.74, 6) is 2.42. The lowest BCUT2D eigenvalue weighted by molar-refractivity contribution is -0.136. The first-order valence-corrected chi connectivity index (χ1v) is 10.3. The summed E-state index contributed by atoms with van der Waals surface area (Å²) in [5.41, 5.74) is 0. The van der Waals surface area contributed by atoms with Gasteiger partial charge < -0.3 is 14.7 Å². The second-order valence-electron chi connectivity index (χ2n) is 7.48. The van der Waals surface area contributed by atoms with Crippen LogP contribution in [0.3, 0.4) is 0 Å². The molecule has 6 heteroatoms. The van der Waals surface area contributed by atoms with Crippen LogP contribution in [0.5, 0.6) is 0 Å². The summed E-state index contributed by atoms with van der Waals surface area (Å²) in [6, 6.07) is 4.20. The van der Waals surface area contributed by atoms with E-state index in [0.29, 0.717) is 5.91 Å². The molecule has 0 saturated carbocycles. The van der Waals surface area contributed by atoms with Gasteiger partial charge in [-0.3, -0.25) is 4.79 Å². The van der Waals surface area contributed by atoms with Gasteiger partial charge in [0.15, 0.2) is 11.6 Å². The van der Waals surface area contributed by atoms with Crippen LogP contribution < -0.4 is 9.80 Å². The highest BCUT2D eigenvalue weighted by atomic mass is 16.2. The zero-order valence-electron chi connectivity index (χ0n) is 16.4. The molecular weight excluding hydrogens is 326 g/mol. The van der Waals surface area contributed by atoms with Crippen LogP contribution >= 0.6 is 0 Å². The molecule has 2 fully saturated rings. The minimum absolute atomic E-state index is 0.175. The molecule has 1 aromatic heterocycles. The van der Waals surface area contributed by atoms with Crippen molar-refractivity contribution in [3.8, 4) is 0 Å². The third kappa shape index (κ3) is 4.46. The van der Waals surface area contributed by atoms with E-state index in [4.69, 9.17) is 0 Å². The van der Waals surface area contributed by atoms with Crippen LogP contribution in [0, 0.1) is 5.92 Å². The Morgan fingerprint density at radius 1 is 0.846 bits per heavy atom. The fourth-order valence-electron chi connectivity index (χ4n) is 4.01. The Morgan fingerprint density at radius 3 is 1.81 bits per heavy atom. The maximum atomic E-state index is 12.5. The zero-order valence-corrected chi connectivity index (χ0v) is 16.4. The molecule has 3 rings (SSSR count). The third-order valence-electron chi connectivity index (χ3n) is 5.82. The molecule has 144 valence electrons. The first kappa shape index (κ1) is 18.9. The number of piperazine rings is 1. The molecule has 0 aromatic carbocycles. The van der Waals surface area contributed by atoms with Gasteiger partial charge in [0.05, 0.1) is 0 Å². The fourth-order valence-corrected chi connectivity index (χ4v) is 4.01. The first-order chi connectivity index (χ1) is 12.7. The molecule has 1 aromatic rings. The van der Waals surface area contributed by atoms with Crippen molar-refractivity contribution in [1.29, 1.82) is 0 Å². The maximum absolute atomic E-state index is 12.5. The van der Waals surface area contributed by atoms with E-state index in [-0.39, 0.29) is 5.92 Å². The SMILES string of the molecule is CCC(CC)C(=O)N1CCN(c2ccc(N3CCCCCC3)nn2)CC1. The molecular formula is C20H33N5O. The highest BCUT2D eigenvalue weighted by molar-refractivity contribution is 5.79. The lowest BCUT2D eigenvalue weighted by Crippen LogP contribution is -2.50. The van der Waals surface area contributed by atoms with Gasteiger partial charge in [-0.2, -0.15) is 0 Å². The molecule has 1 amide bonds. The highest BCUT2D eigenvalue weighted by Gasteiger charge is 2.26. The van der Waals surface area contributed by atoms with E-state index >= 15 is 0 Å². The summed E-state index contributed by atoms with van der Waals surface area (Å²) >= 11 is 0. The standard InChI is InChI=1S/C20H33N5O/c1-3-17(4-2)20(26)25-15-13-24(14-16-25)19-10-9-18(21-22-19)23-11-7-5-6-8-12-23/h9-10,17H,3-8,11-16H2,1-2H3. The lowest BCUT2D eigenvalue weighted by Gasteiger charge is -2.36. The number of carbonyl (C=O) groups is 1. The third-order valence-corrected chi connectivity index (χ3v) is 5.82. The van der Waals surface area contributed by atoms with Crippen molar-refractivity contribution in [3.05, 3.63) is 12.1 Å². The Balaban J connectivity index is 1.55. The number of aromatic nitrogens is 2. The number of carbonyl (C=O) groups excluding carboxylic acids is 1. The number of nitrogens with zero attached hydrogens (tertiary/aromatic N) is 5. The van der Waals surface area contributed by atoms with Crippen molar-refractivity contribution in [3.63, 3.8) is 0 Å². The smallest absolute Gasteiger partial charge is 0.225 e. The van der Waals surface area contributed by atoms with Crippen molar-refractivity contribution in [2.24, 2.45) is 5.92 Å². The van der Waals surface area contributed by atoms with E-state index in [1.54, 1.807) is 0 Å². The quantitative estimate of drug-likeness (QED) is 0.809. The summed E-state index contributed by atoms with van der Waals surface area (Å²) < 4.78 is 0. The van der Waals surface area contributed by atoms with E-state index in [1.807, 2.05) is 4.90 Å². The first-order valence-electron chi connectivity index (χ1n) is 10.3. The molecule has 2 aliphatic heterocycles. The van der Waals surface area contributed by atoms with Gasteiger partial charge in [0.25, 0.3) is 0 Å². The molecule has 0 radical (unpaired) electrons. The summed E-state index contributed by atoms with van der Waals surface area (Å²) in [6.07, 6.45) is 6.99. The molecule has 2 saturated heterocycles. The molecule has 0 unspecified atom stereocenters. The largest absolute Gasteiger partial charge is 0.355 e. The van der Waals surface area contributed by atoms with E-state index < -0.39 is 0 Å². The molecule has 0 spiro atoms. The topological polar surface area (TPSA) is 52.6 Å². The highest BCUT2D eigenvalue weighted by Crippen LogP contribution is 2.20. The van der Waals surface area contributed by atoms with Gasteiger partial charge in [0.1, 0.15) is 0 Å².